The maximum atomic E-state index is 12.1. The van der Waals surface area contributed by atoms with Gasteiger partial charge < -0.3 is 19.8 Å². The Labute approximate surface area is 123 Å². The highest BCUT2D eigenvalue weighted by Gasteiger charge is 2.25. The Bertz CT molecular complexity index is 562. The van der Waals surface area contributed by atoms with Gasteiger partial charge in [0.1, 0.15) is 5.69 Å². The summed E-state index contributed by atoms with van der Waals surface area (Å²) in [4.78, 5) is 38.1. The zero-order chi connectivity index (χ0) is 16.2. The highest BCUT2D eigenvalue weighted by Crippen LogP contribution is 2.20. The molecule has 0 aliphatic carbocycles. The summed E-state index contributed by atoms with van der Waals surface area (Å²) in [6.07, 6.45) is -0.915. The molecule has 7 heteroatoms. The number of aryl methyl sites for hydroxylation is 1. The molecule has 0 aliphatic rings. The lowest BCUT2D eigenvalue weighted by atomic mass is 10.1. The average Bonchev–Trinajstić information content (AvgIpc) is 2.73. The number of aromatic amines is 1. The van der Waals surface area contributed by atoms with Gasteiger partial charge in [-0.05, 0) is 33.3 Å². The zero-order valence-corrected chi connectivity index (χ0v) is 12.8. The average molecular weight is 296 g/mol. The first-order valence-corrected chi connectivity index (χ1v) is 6.59. The fourth-order valence-corrected chi connectivity index (χ4v) is 1.95. The van der Waals surface area contributed by atoms with Gasteiger partial charge in [0.15, 0.2) is 6.10 Å². The molecule has 1 atom stereocenters. The predicted octanol–water partition coefficient (Wildman–Crippen LogP) is 1.10. The molecule has 1 rings (SSSR count). The summed E-state index contributed by atoms with van der Waals surface area (Å²) in [5, 5.41) is 2.56. The Morgan fingerprint density at radius 1 is 1.24 bits per heavy atom. The van der Waals surface area contributed by atoms with E-state index in [1.807, 2.05) is 0 Å². The van der Waals surface area contributed by atoms with E-state index in [1.165, 1.54) is 14.0 Å². The molecule has 0 spiro atoms. The smallest absolute Gasteiger partial charge is 0.355 e. The maximum Gasteiger partial charge on any atom is 0.355 e. The van der Waals surface area contributed by atoms with Gasteiger partial charge in [0.2, 0.25) is 0 Å². The highest BCUT2D eigenvalue weighted by atomic mass is 16.5. The number of rotatable bonds is 5. The second kappa shape index (κ2) is 6.92. The van der Waals surface area contributed by atoms with Crippen LogP contribution >= 0.6 is 0 Å². The molecule has 7 nitrogen and oxygen atoms in total. The number of H-pyrrole nitrogens is 1. The van der Waals surface area contributed by atoms with E-state index in [-0.39, 0.29) is 11.6 Å². The topological polar surface area (TPSA) is 97.5 Å². The largest absolute Gasteiger partial charge is 0.465 e. The van der Waals surface area contributed by atoms with E-state index in [9.17, 15) is 14.4 Å². The highest BCUT2D eigenvalue weighted by molar-refractivity contribution is 5.99. The van der Waals surface area contributed by atoms with Gasteiger partial charge in [-0.25, -0.2) is 9.59 Å². The second-order valence-corrected chi connectivity index (χ2v) is 4.56. The van der Waals surface area contributed by atoms with Crippen LogP contribution in [-0.4, -0.2) is 42.6 Å². The fourth-order valence-electron chi connectivity index (χ4n) is 1.95. The van der Waals surface area contributed by atoms with Crippen molar-refractivity contribution in [1.82, 2.24) is 10.3 Å². The molecule has 0 saturated heterocycles. The minimum Gasteiger partial charge on any atom is -0.465 e. The quantitative estimate of drug-likeness (QED) is 0.793. The van der Waals surface area contributed by atoms with E-state index in [0.29, 0.717) is 23.4 Å². The van der Waals surface area contributed by atoms with Crippen LogP contribution < -0.4 is 5.32 Å². The van der Waals surface area contributed by atoms with Gasteiger partial charge in [0, 0.05) is 12.2 Å². The number of amides is 1. The zero-order valence-electron chi connectivity index (χ0n) is 12.8. The predicted molar refractivity (Wildman–Crippen MR) is 75.2 cm³/mol. The van der Waals surface area contributed by atoms with E-state index < -0.39 is 18.0 Å². The van der Waals surface area contributed by atoms with Crippen molar-refractivity contribution in [1.29, 1.82) is 0 Å². The van der Waals surface area contributed by atoms with E-state index >= 15 is 0 Å². The van der Waals surface area contributed by atoms with Gasteiger partial charge in [-0.15, -0.1) is 0 Å². The van der Waals surface area contributed by atoms with Crippen LogP contribution in [0.1, 0.15) is 46.0 Å². The molecule has 0 fully saturated rings. The summed E-state index contributed by atoms with van der Waals surface area (Å²) in [6, 6.07) is 0. The lowest BCUT2D eigenvalue weighted by molar-refractivity contribution is -0.128. The Morgan fingerprint density at radius 2 is 1.86 bits per heavy atom. The van der Waals surface area contributed by atoms with Crippen LogP contribution in [0.25, 0.3) is 0 Å². The summed E-state index contributed by atoms with van der Waals surface area (Å²) in [5.74, 6) is -1.60. The van der Waals surface area contributed by atoms with Gasteiger partial charge in [0.25, 0.3) is 5.91 Å². The molecule has 1 aromatic heterocycles. The first-order valence-electron chi connectivity index (χ1n) is 6.59. The fraction of sp³-hybridized carbons (Fsp3) is 0.500. The number of methoxy groups -OCH3 is 1. The number of likely N-dealkylation sites (N-methyl/N-ethyl adjacent to an activating group) is 1. The lowest BCUT2D eigenvalue weighted by Crippen LogP contribution is -2.35. The van der Waals surface area contributed by atoms with E-state index in [0.717, 1.165) is 0 Å². The molecule has 1 aromatic rings. The molecule has 21 heavy (non-hydrogen) atoms. The van der Waals surface area contributed by atoms with Gasteiger partial charge in [-0.2, -0.15) is 0 Å². The second-order valence-electron chi connectivity index (χ2n) is 4.56. The third-order valence-electron chi connectivity index (χ3n) is 3.04. The number of esters is 2. The Hall–Kier alpha value is -2.31. The molecule has 1 heterocycles. The summed E-state index contributed by atoms with van der Waals surface area (Å²) in [6.45, 7) is 6.98. The molecule has 116 valence electrons. The van der Waals surface area contributed by atoms with Crippen molar-refractivity contribution >= 4 is 17.8 Å². The summed E-state index contributed by atoms with van der Waals surface area (Å²) < 4.78 is 9.75. The van der Waals surface area contributed by atoms with Crippen LogP contribution in [0.3, 0.4) is 0 Å². The SMILES string of the molecule is CCNC(=O)[C@H](C)OC(=O)c1[nH]c(C)c(C(=O)OC)c1C. The minimum absolute atomic E-state index is 0.143. The van der Waals surface area contributed by atoms with Gasteiger partial charge in [-0.1, -0.05) is 0 Å². The molecule has 1 amide bonds. The van der Waals surface area contributed by atoms with E-state index in [2.05, 4.69) is 15.0 Å². The molecule has 2 N–H and O–H groups in total. The first-order chi connectivity index (χ1) is 9.83. The summed E-state index contributed by atoms with van der Waals surface area (Å²) >= 11 is 0. The normalized spacial score (nSPS) is 11.7. The van der Waals surface area contributed by atoms with Gasteiger partial charge in [0.05, 0.1) is 12.7 Å². The van der Waals surface area contributed by atoms with Crippen molar-refractivity contribution in [2.45, 2.75) is 33.8 Å². The van der Waals surface area contributed by atoms with Crippen LogP contribution in [0.4, 0.5) is 0 Å². The number of hydrogen-bond acceptors (Lipinski definition) is 5. The molecule has 0 unspecified atom stereocenters. The third-order valence-corrected chi connectivity index (χ3v) is 3.04. The number of carbonyl (C=O) groups excluding carboxylic acids is 3. The number of carbonyl (C=O) groups is 3. The molecule has 0 aliphatic heterocycles. The van der Waals surface area contributed by atoms with Crippen molar-refractivity contribution in [2.24, 2.45) is 0 Å². The number of aromatic nitrogens is 1. The number of ether oxygens (including phenoxy) is 2. The van der Waals surface area contributed by atoms with Crippen LogP contribution in [0.2, 0.25) is 0 Å². The molecule has 0 bridgehead atoms. The Kier molecular flexibility index (Phi) is 5.52. The standard InChI is InChI=1S/C14H20N2O5/c1-6-15-12(17)9(4)21-14(19)11-7(2)10(8(3)16-11)13(18)20-5/h9,16H,6H2,1-5H3,(H,15,17)/t9-/m0/s1. The number of hydrogen-bond donors (Lipinski definition) is 2. The van der Waals surface area contributed by atoms with Gasteiger partial charge in [-0.3, -0.25) is 4.79 Å². The summed E-state index contributed by atoms with van der Waals surface area (Å²) in [5.41, 5.74) is 1.39. The van der Waals surface area contributed by atoms with Crippen LogP contribution in [0.15, 0.2) is 0 Å². The van der Waals surface area contributed by atoms with Crippen molar-refractivity contribution in [3.05, 3.63) is 22.5 Å². The minimum atomic E-state index is -0.915. The molecular weight excluding hydrogens is 276 g/mol. The third kappa shape index (κ3) is 3.62. The molecule has 0 radical (unpaired) electrons. The molecule has 0 saturated carbocycles. The monoisotopic (exact) mass is 296 g/mol. The van der Waals surface area contributed by atoms with E-state index in [1.54, 1.807) is 20.8 Å². The van der Waals surface area contributed by atoms with Crippen LogP contribution in [-0.2, 0) is 14.3 Å². The Balaban J connectivity index is 2.94. The van der Waals surface area contributed by atoms with Crippen LogP contribution in [0.5, 0.6) is 0 Å². The van der Waals surface area contributed by atoms with E-state index in [4.69, 9.17) is 4.74 Å². The lowest BCUT2D eigenvalue weighted by Gasteiger charge is -2.12. The van der Waals surface area contributed by atoms with Crippen molar-refractivity contribution in [3.63, 3.8) is 0 Å². The van der Waals surface area contributed by atoms with Crippen molar-refractivity contribution in [3.8, 4) is 0 Å². The van der Waals surface area contributed by atoms with Gasteiger partial charge >= 0.3 is 11.9 Å². The van der Waals surface area contributed by atoms with Crippen molar-refractivity contribution in [2.75, 3.05) is 13.7 Å². The Morgan fingerprint density at radius 3 is 2.38 bits per heavy atom. The maximum absolute atomic E-state index is 12.1. The van der Waals surface area contributed by atoms with Crippen LogP contribution in [0, 0.1) is 13.8 Å². The number of nitrogens with one attached hydrogen (secondary N) is 2. The summed E-state index contributed by atoms with van der Waals surface area (Å²) in [7, 11) is 1.27. The molecular formula is C14H20N2O5. The van der Waals surface area contributed by atoms with Crippen molar-refractivity contribution < 1.29 is 23.9 Å². The first kappa shape index (κ1) is 16.7. The molecule has 0 aromatic carbocycles.